The Labute approximate surface area is 180 Å². The van der Waals surface area contributed by atoms with Crippen molar-refractivity contribution >= 4 is 27.3 Å². The topological polar surface area (TPSA) is 123 Å². The van der Waals surface area contributed by atoms with Crippen LogP contribution in [0.5, 0.6) is 5.75 Å². The van der Waals surface area contributed by atoms with Crippen molar-refractivity contribution in [1.29, 1.82) is 0 Å². The van der Waals surface area contributed by atoms with Gasteiger partial charge in [-0.25, -0.2) is 8.42 Å². The smallest absolute Gasteiger partial charge is 0.232 e. The highest BCUT2D eigenvalue weighted by atomic mass is 32.2. The first-order chi connectivity index (χ1) is 14.9. The van der Waals surface area contributed by atoms with E-state index in [0.717, 1.165) is 11.3 Å². The minimum absolute atomic E-state index is 0.0569. The fourth-order valence-electron chi connectivity index (χ4n) is 2.78. The highest BCUT2D eigenvalue weighted by molar-refractivity contribution is 7.92. The molecule has 9 nitrogen and oxygen atoms in total. The van der Waals surface area contributed by atoms with Crippen LogP contribution >= 0.6 is 0 Å². The van der Waals surface area contributed by atoms with Crippen LogP contribution in [-0.4, -0.2) is 37.3 Å². The molecule has 1 amide bonds. The first kappa shape index (κ1) is 22.3. The number of benzene rings is 2. The molecule has 10 heteroatoms. The van der Waals surface area contributed by atoms with Gasteiger partial charge in [0.25, 0.3) is 0 Å². The maximum absolute atomic E-state index is 12.2. The second kappa shape index (κ2) is 10.1. The van der Waals surface area contributed by atoms with E-state index >= 15 is 0 Å². The minimum atomic E-state index is -3.35. The van der Waals surface area contributed by atoms with Crippen LogP contribution in [0.15, 0.2) is 53.1 Å². The largest absolute Gasteiger partial charge is 0.497 e. The molecule has 0 fully saturated rings. The minimum Gasteiger partial charge on any atom is -0.497 e. The Balaban J connectivity index is 1.50. The Hall–Kier alpha value is -3.40. The second-order valence-electron chi connectivity index (χ2n) is 6.79. The second-order valence-corrected chi connectivity index (χ2v) is 8.63. The number of methoxy groups -OCH3 is 1. The number of amides is 1. The van der Waals surface area contributed by atoms with Crippen molar-refractivity contribution in [3.05, 3.63) is 54.4 Å². The molecule has 164 valence electrons. The quantitative estimate of drug-likeness (QED) is 0.491. The van der Waals surface area contributed by atoms with Crippen LogP contribution in [0.25, 0.3) is 11.4 Å². The SMILES string of the molecule is CCCS(=O)(=O)Nc1ccc(NC(=O)CCc2nc(-c3ccc(OC)cc3)no2)cc1. The normalized spacial score (nSPS) is 11.2. The zero-order valence-corrected chi connectivity index (χ0v) is 18.1. The van der Waals surface area contributed by atoms with Gasteiger partial charge in [-0.2, -0.15) is 4.98 Å². The molecule has 3 rings (SSSR count). The summed E-state index contributed by atoms with van der Waals surface area (Å²) in [4.78, 5) is 16.5. The number of hydrogen-bond acceptors (Lipinski definition) is 7. The van der Waals surface area contributed by atoms with Crippen molar-refractivity contribution in [3.63, 3.8) is 0 Å². The van der Waals surface area contributed by atoms with Crippen LogP contribution in [0.4, 0.5) is 11.4 Å². The first-order valence-corrected chi connectivity index (χ1v) is 11.4. The number of aryl methyl sites for hydroxylation is 1. The van der Waals surface area contributed by atoms with Gasteiger partial charge in [0.15, 0.2) is 0 Å². The van der Waals surface area contributed by atoms with Crippen molar-refractivity contribution in [2.45, 2.75) is 26.2 Å². The van der Waals surface area contributed by atoms with E-state index in [1.54, 1.807) is 50.4 Å². The van der Waals surface area contributed by atoms with Gasteiger partial charge in [0.1, 0.15) is 5.75 Å². The van der Waals surface area contributed by atoms with Crippen molar-refractivity contribution in [2.75, 3.05) is 22.9 Å². The van der Waals surface area contributed by atoms with E-state index in [2.05, 4.69) is 20.2 Å². The number of ether oxygens (including phenoxy) is 1. The molecule has 3 aromatic rings. The summed E-state index contributed by atoms with van der Waals surface area (Å²) in [6.45, 7) is 1.80. The summed E-state index contributed by atoms with van der Waals surface area (Å²) in [6, 6.07) is 13.7. The fourth-order valence-corrected chi connectivity index (χ4v) is 3.91. The lowest BCUT2D eigenvalue weighted by Crippen LogP contribution is -2.16. The standard InChI is InChI=1S/C21H24N4O5S/c1-3-14-31(27,28)25-17-8-6-16(7-9-17)22-19(26)12-13-20-23-21(24-30-20)15-4-10-18(29-2)11-5-15/h4-11,25H,3,12-14H2,1-2H3,(H,22,26). The molecule has 1 heterocycles. The third-order valence-corrected chi connectivity index (χ3v) is 5.79. The highest BCUT2D eigenvalue weighted by Gasteiger charge is 2.12. The summed E-state index contributed by atoms with van der Waals surface area (Å²) < 4.78 is 36.4. The molecule has 0 spiro atoms. The number of sulfonamides is 1. The van der Waals surface area contributed by atoms with Crippen LogP contribution in [0.1, 0.15) is 25.7 Å². The molecule has 1 aromatic heterocycles. The summed E-state index contributed by atoms with van der Waals surface area (Å²) in [5.41, 5.74) is 1.80. The number of hydrogen-bond donors (Lipinski definition) is 2. The number of rotatable bonds is 10. The Morgan fingerprint density at radius 3 is 2.39 bits per heavy atom. The third kappa shape index (κ3) is 6.54. The van der Waals surface area contributed by atoms with Crippen molar-refractivity contribution < 1.29 is 22.5 Å². The lowest BCUT2D eigenvalue weighted by atomic mass is 10.2. The van der Waals surface area contributed by atoms with Gasteiger partial charge in [-0.3, -0.25) is 9.52 Å². The molecule has 2 aromatic carbocycles. The molecule has 0 aliphatic carbocycles. The zero-order valence-electron chi connectivity index (χ0n) is 17.3. The fraction of sp³-hybridized carbons (Fsp3) is 0.286. The van der Waals surface area contributed by atoms with Gasteiger partial charge in [0, 0.05) is 29.8 Å². The number of nitrogens with one attached hydrogen (secondary N) is 2. The number of aromatic nitrogens is 2. The van der Waals surface area contributed by atoms with Crippen LogP contribution < -0.4 is 14.8 Å². The van der Waals surface area contributed by atoms with Crippen LogP contribution in [0.3, 0.4) is 0 Å². The summed E-state index contributed by atoms with van der Waals surface area (Å²) >= 11 is 0. The number of carbonyl (C=O) groups excluding carboxylic acids is 1. The first-order valence-electron chi connectivity index (χ1n) is 9.76. The third-order valence-electron chi connectivity index (χ3n) is 4.30. The Morgan fingerprint density at radius 2 is 1.74 bits per heavy atom. The van der Waals surface area contributed by atoms with E-state index < -0.39 is 10.0 Å². The van der Waals surface area contributed by atoms with Crippen molar-refractivity contribution in [3.8, 4) is 17.1 Å². The van der Waals surface area contributed by atoms with Gasteiger partial charge in [-0.05, 0) is 55.0 Å². The molecule has 31 heavy (non-hydrogen) atoms. The average Bonchev–Trinajstić information content (AvgIpc) is 3.22. The van der Waals surface area contributed by atoms with Gasteiger partial charge in [0.05, 0.1) is 12.9 Å². The average molecular weight is 445 g/mol. The molecule has 0 aliphatic rings. The highest BCUT2D eigenvalue weighted by Crippen LogP contribution is 2.20. The van der Waals surface area contributed by atoms with Crippen molar-refractivity contribution in [1.82, 2.24) is 10.1 Å². The van der Waals surface area contributed by atoms with Gasteiger partial charge < -0.3 is 14.6 Å². The van der Waals surface area contributed by atoms with Crippen LogP contribution in [0, 0.1) is 0 Å². The maximum Gasteiger partial charge on any atom is 0.232 e. The van der Waals surface area contributed by atoms with E-state index in [9.17, 15) is 13.2 Å². The van der Waals surface area contributed by atoms with E-state index in [1.807, 2.05) is 12.1 Å². The molecule has 0 atom stereocenters. The number of nitrogens with zero attached hydrogens (tertiary/aromatic N) is 2. The molecule has 0 aliphatic heterocycles. The van der Waals surface area contributed by atoms with E-state index in [4.69, 9.17) is 9.26 Å². The molecule has 0 unspecified atom stereocenters. The molecule has 0 radical (unpaired) electrons. The van der Waals surface area contributed by atoms with Crippen molar-refractivity contribution in [2.24, 2.45) is 0 Å². The molecule has 2 N–H and O–H groups in total. The molecule has 0 saturated heterocycles. The Bertz CT molecular complexity index is 1110. The zero-order chi connectivity index (χ0) is 22.3. The van der Waals surface area contributed by atoms with Gasteiger partial charge in [-0.1, -0.05) is 12.1 Å². The maximum atomic E-state index is 12.2. The summed E-state index contributed by atoms with van der Waals surface area (Å²) in [5, 5.41) is 6.70. The number of carbonyl (C=O) groups is 1. The van der Waals surface area contributed by atoms with Crippen LogP contribution in [-0.2, 0) is 21.2 Å². The molecule has 0 saturated carbocycles. The monoisotopic (exact) mass is 444 g/mol. The van der Waals surface area contributed by atoms with E-state index in [0.29, 0.717) is 35.9 Å². The molecular weight excluding hydrogens is 420 g/mol. The summed E-state index contributed by atoms with van der Waals surface area (Å²) in [7, 11) is -1.76. The van der Waals surface area contributed by atoms with Gasteiger partial charge in [-0.15, -0.1) is 0 Å². The Morgan fingerprint density at radius 1 is 1.06 bits per heavy atom. The summed E-state index contributed by atoms with van der Waals surface area (Å²) in [6.07, 6.45) is 0.990. The van der Waals surface area contributed by atoms with E-state index in [1.165, 1.54) is 0 Å². The predicted octanol–water partition coefficient (Wildman–Crippen LogP) is 3.47. The predicted molar refractivity (Wildman–Crippen MR) is 117 cm³/mol. The van der Waals surface area contributed by atoms with Crippen LogP contribution in [0.2, 0.25) is 0 Å². The molecular formula is C21H24N4O5S. The van der Waals surface area contributed by atoms with E-state index in [-0.39, 0.29) is 18.1 Å². The lowest BCUT2D eigenvalue weighted by molar-refractivity contribution is -0.116. The summed E-state index contributed by atoms with van der Waals surface area (Å²) in [5.74, 6) is 1.38. The number of anilines is 2. The molecule has 0 bridgehead atoms. The van der Waals surface area contributed by atoms with Gasteiger partial charge >= 0.3 is 0 Å². The van der Waals surface area contributed by atoms with Gasteiger partial charge in [0.2, 0.25) is 27.6 Å². The lowest BCUT2D eigenvalue weighted by Gasteiger charge is -2.08. The Kier molecular flexibility index (Phi) is 7.24.